The van der Waals surface area contributed by atoms with Gasteiger partial charge in [0.2, 0.25) is 0 Å². The number of nitrogens with zero attached hydrogens (tertiary/aromatic N) is 3. The maximum absolute atomic E-state index is 12.7. The van der Waals surface area contributed by atoms with Crippen LogP contribution < -0.4 is 15.7 Å². The zero-order valence-corrected chi connectivity index (χ0v) is 17.8. The van der Waals surface area contributed by atoms with Crippen molar-refractivity contribution in [3.63, 3.8) is 0 Å². The number of benzene rings is 2. The maximum Gasteiger partial charge on any atom is 0.311 e. The van der Waals surface area contributed by atoms with E-state index in [4.69, 9.17) is 16.3 Å². The molecule has 1 aromatic heterocycles. The molecule has 0 unspecified atom stereocenters. The average molecular weight is 455 g/mol. The molecule has 1 amide bonds. The second-order valence-electron chi connectivity index (χ2n) is 6.60. The predicted molar refractivity (Wildman–Crippen MR) is 121 cm³/mol. The molecule has 2 aromatic carbocycles. The fourth-order valence-electron chi connectivity index (χ4n) is 2.88. The number of carbonyl (C=O) groups excluding carboxylic acids is 1. The van der Waals surface area contributed by atoms with Gasteiger partial charge in [0.15, 0.2) is 5.75 Å². The standard InChI is InChI=1S/C22H19ClN4O5/c1-2-32-20-10-7-16(12-19(20)27(30)31)13-24-25-21(28)18-4-3-11-26(22(18)29)14-15-5-8-17(23)9-6-15/h3-13H,2,14H2,1H3,(H,25,28)/b24-13-. The van der Waals surface area contributed by atoms with Crippen LogP contribution in [0.15, 0.2) is 70.7 Å². The topological polar surface area (TPSA) is 116 Å². The molecule has 3 aromatic rings. The highest BCUT2D eigenvalue weighted by atomic mass is 35.5. The normalized spacial score (nSPS) is 10.8. The fourth-order valence-corrected chi connectivity index (χ4v) is 3.01. The number of nitrogens with one attached hydrogen (secondary N) is 1. The summed E-state index contributed by atoms with van der Waals surface area (Å²) in [5.74, 6) is -0.554. The van der Waals surface area contributed by atoms with E-state index in [1.165, 1.54) is 29.0 Å². The summed E-state index contributed by atoms with van der Waals surface area (Å²) in [7, 11) is 0. The molecule has 0 radical (unpaired) electrons. The number of aromatic nitrogens is 1. The van der Waals surface area contributed by atoms with Gasteiger partial charge in [0.05, 0.1) is 24.3 Å². The number of hydrogen-bond acceptors (Lipinski definition) is 6. The zero-order chi connectivity index (χ0) is 23.1. The molecule has 32 heavy (non-hydrogen) atoms. The first-order chi connectivity index (χ1) is 15.4. The molecule has 9 nitrogen and oxygen atoms in total. The minimum Gasteiger partial charge on any atom is -0.487 e. The monoisotopic (exact) mass is 454 g/mol. The molecule has 3 rings (SSSR count). The predicted octanol–water partition coefficient (Wildman–Crippen LogP) is 3.62. The molecular weight excluding hydrogens is 436 g/mol. The lowest BCUT2D eigenvalue weighted by Gasteiger charge is -2.08. The lowest BCUT2D eigenvalue weighted by Crippen LogP contribution is -2.30. The van der Waals surface area contributed by atoms with Crippen molar-refractivity contribution in [2.45, 2.75) is 13.5 Å². The van der Waals surface area contributed by atoms with Crippen LogP contribution in [-0.4, -0.2) is 28.2 Å². The number of ether oxygens (including phenoxy) is 1. The summed E-state index contributed by atoms with van der Waals surface area (Å²) in [6.07, 6.45) is 2.83. The van der Waals surface area contributed by atoms with Gasteiger partial charge < -0.3 is 9.30 Å². The lowest BCUT2D eigenvalue weighted by molar-refractivity contribution is -0.385. The lowest BCUT2D eigenvalue weighted by atomic mass is 10.2. The van der Waals surface area contributed by atoms with Gasteiger partial charge in [-0.05, 0) is 48.9 Å². The van der Waals surface area contributed by atoms with Crippen LogP contribution >= 0.6 is 11.6 Å². The molecule has 164 valence electrons. The van der Waals surface area contributed by atoms with Gasteiger partial charge in [0.25, 0.3) is 11.5 Å². The van der Waals surface area contributed by atoms with Gasteiger partial charge in [0.1, 0.15) is 5.56 Å². The molecule has 0 aliphatic heterocycles. The third-order valence-electron chi connectivity index (χ3n) is 4.39. The summed E-state index contributed by atoms with van der Waals surface area (Å²) < 4.78 is 6.63. The number of hydrogen-bond donors (Lipinski definition) is 1. The Bertz CT molecular complexity index is 1220. The molecule has 10 heteroatoms. The summed E-state index contributed by atoms with van der Waals surface area (Å²) in [5, 5.41) is 15.6. The van der Waals surface area contributed by atoms with Gasteiger partial charge in [-0.25, -0.2) is 5.43 Å². The van der Waals surface area contributed by atoms with Crippen LogP contribution in [0.4, 0.5) is 5.69 Å². The summed E-state index contributed by atoms with van der Waals surface area (Å²) in [6, 6.07) is 14.3. The highest BCUT2D eigenvalue weighted by Gasteiger charge is 2.15. The molecule has 0 aliphatic rings. The zero-order valence-electron chi connectivity index (χ0n) is 17.0. The molecule has 0 spiro atoms. The second kappa shape index (κ2) is 10.4. The first kappa shape index (κ1) is 22.7. The van der Waals surface area contributed by atoms with Gasteiger partial charge in [0, 0.05) is 22.8 Å². The van der Waals surface area contributed by atoms with Gasteiger partial charge >= 0.3 is 5.69 Å². The van der Waals surface area contributed by atoms with Crippen molar-refractivity contribution in [3.8, 4) is 5.75 Å². The van der Waals surface area contributed by atoms with Crippen molar-refractivity contribution in [2.24, 2.45) is 5.10 Å². The van der Waals surface area contributed by atoms with Crippen LogP contribution in [0.3, 0.4) is 0 Å². The smallest absolute Gasteiger partial charge is 0.311 e. The number of nitro benzene ring substituents is 1. The van der Waals surface area contributed by atoms with Crippen LogP contribution in [0, 0.1) is 10.1 Å². The molecular formula is C22H19ClN4O5. The summed E-state index contributed by atoms with van der Waals surface area (Å²) in [5.41, 5.74) is 2.73. The highest BCUT2D eigenvalue weighted by molar-refractivity contribution is 6.30. The minimum absolute atomic E-state index is 0.0868. The fraction of sp³-hybridized carbons (Fsp3) is 0.136. The van der Waals surface area contributed by atoms with Crippen molar-refractivity contribution >= 4 is 29.4 Å². The Morgan fingerprint density at radius 2 is 2.00 bits per heavy atom. The van der Waals surface area contributed by atoms with Crippen molar-refractivity contribution < 1.29 is 14.5 Å². The second-order valence-corrected chi connectivity index (χ2v) is 7.03. The van der Waals surface area contributed by atoms with E-state index in [0.29, 0.717) is 10.6 Å². The summed E-state index contributed by atoms with van der Waals surface area (Å²) >= 11 is 5.88. The molecule has 0 saturated heterocycles. The van der Waals surface area contributed by atoms with Crippen molar-refractivity contribution in [1.29, 1.82) is 0 Å². The third kappa shape index (κ3) is 5.58. The third-order valence-corrected chi connectivity index (χ3v) is 4.64. The van der Waals surface area contributed by atoms with E-state index in [2.05, 4.69) is 10.5 Å². The van der Waals surface area contributed by atoms with Gasteiger partial charge in [-0.3, -0.25) is 19.7 Å². The largest absolute Gasteiger partial charge is 0.487 e. The Balaban J connectivity index is 1.73. The molecule has 0 aliphatic carbocycles. The number of halogens is 1. The van der Waals surface area contributed by atoms with Gasteiger partial charge in [-0.2, -0.15) is 5.10 Å². The minimum atomic E-state index is -0.697. The Hall–Kier alpha value is -3.98. The van der Waals surface area contributed by atoms with E-state index < -0.39 is 16.4 Å². The van der Waals surface area contributed by atoms with E-state index in [-0.39, 0.29) is 30.2 Å². The molecule has 1 heterocycles. The number of hydrazone groups is 1. The van der Waals surface area contributed by atoms with E-state index in [1.54, 1.807) is 49.5 Å². The van der Waals surface area contributed by atoms with Crippen LogP contribution in [0.25, 0.3) is 0 Å². The molecule has 1 N–H and O–H groups in total. The number of pyridine rings is 1. The Labute approximate surface area is 188 Å². The molecule has 0 fully saturated rings. The Morgan fingerprint density at radius 3 is 2.69 bits per heavy atom. The van der Waals surface area contributed by atoms with E-state index >= 15 is 0 Å². The number of nitro groups is 1. The quantitative estimate of drug-likeness (QED) is 0.317. The Morgan fingerprint density at radius 1 is 1.25 bits per heavy atom. The van der Waals surface area contributed by atoms with E-state index in [1.807, 2.05) is 0 Å². The summed E-state index contributed by atoms with van der Waals surface area (Å²) in [4.78, 5) is 35.7. The number of carbonyl (C=O) groups is 1. The maximum atomic E-state index is 12.7. The SMILES string of the molecule is CCOc1ccc(/C=N\NC(=O)c2cccn(Cc3ccc(Cl)cc3)c2=O)cc1[N+](=O)[O-]. The average Bonchev–Trinajstić information content (AvgIpc) is 2.77. The highest BCUT2D eigenvalue weighted by Crippen LogP contribution is 2.27. The van der Waals surface area contributed by atoms with Crippen LogP contribution in [0.1, 0.15) is 28.4 Å². The van der Waals surface area contributed by atoms with Crippen molar-refractivity contribution in [3.05, 3.63) is 103 Å². The van der Waals surface area contributed by atoms with Gasteiger partial charge in [-0.1, -0.05) is 23.7 Å². The molecule has 0 atom stereocenters. The van der Waals surface area contributed by atoms with Crippen molar-refractivity contribution in [1.82, 2.24) is 9.99 Å². The van der Waals surface area contributed by atoms with E-state index in [0.717, 1.165) is 5.56 Å². The molecule has 0 saturated carbocycles. The van der Waals surface area contributed by atoms with E-state index in [9.17, 15) is 19.7 Å². The van der Waals surface area contributed by atoms with Gasteiger partial charge in [-0.15, -0.1) is 0 Å². The van der Waals surface area contributed by atoms with Crippen molar-refractivity contribution in [2.75, 3.05) is 6.61 Å². The summed E-state index contributed by atoms with van der Waals surface area (Å²) in [6.45, 7) is 2.29. The van der Waals surface area contributed by atoms with Crippen LogP contribution in [0.2, 0.25) is 5.02 Å². The Kier molecular flexibility index (Phi) is 7.35. The first-order valence-electron chi connectivity index (χ1n) is 9.57. The first-order valence-corrected chi connectivity index (χ1v) is 9.95. The van der Waals surface area contributed by atoms with Crippen LogP contribution in [0.5, 0.6) is 5.75 Å². The molecule has 0 bridgehead atoms. The van der Waals surface area contributed by atoms with Crippen LogP contribution in [-0.2, 0) is 6.54 Å². The number of rotatable bonds is 8. The number of amides is 1.